The summed E-state index contributed by atoms with van der Waals surface area (Å²) in [6.45, 7) is 4.54. The summed E-state index contributed by atoms with van der Waals surface area (Å²) in [4.78, 5) is 4.02. The number of hydrogen-bond acceptors (Lipinski definition) is 6. The molecule has 1 saturated heterocycles. The molecule has 0 amide bonds. The van der Waals surface area contributed by atoms with Gasteiger partial charge in [0.25, 0.3) is 0 Å². The lowest BCUT2D eigenvalue weighted by molar-refractivity contribution is 0.136. The second-order valence-electron chi connectivity index (χ2n) is 6.83. The summed E-state index contributed by atoms with van der Waals surface area (Å²) in [5.74, 6) is 0.584. The third-order valence-electron chi connectivity index (χ3n) is 4.80. The molecule has 0 radical (unpaired) electrons. The van der Waals surface area contributed by atoms with Crippen LogP contribution in [0.2, 0.25) is 0 Å². The maximum atomic E-state index is 12.8. The lowest BCUT2D eigenvalue weighted by Gasteiger charge is -2.33. The van der Waals surface area contributed by atoms with Crippen molar-refractivity contribution in [1.29, 1.82) is 0 Å². The minimum absolute atomic E-state index is 0.344. The van der Waals surface area contributed by atoms with Gasteiger partial charge in [-0.15, -0.1) is 15.0 Å². The first-order valence-electron chi connectivity index (χ1n) is 9.15. The molecule has 0 aliphatic carbocycles. The molecule has 1 aromatic heterocycles. The zero-order valence-electron chi connectivity index (χ0n) is 15.6. The fraction of sp³-hybridized carbons (Fsp3) is 0.316. The second-order valence-corrected chi connectivity index (χ2v) is 8.77. The van der Waals surface area contributed by atoms with Crippen molar-refractivity contribution in [1.82, 2.24) is 29.4 Å². The highest BCUT2D eigenvalue weighted by Crippen LogP contribution is 2.18. The third-order valence-corrected chi connectivity index (χ3v) is 6.71. The van der Waals surface area contributed by atoms with Crippen molar-refractivity contribution in [3.05, 3.63) is 60.2 Å². The molecule has 1 fully saturated rings. The summed E-state index contributed by atoms with van der Waals surface area (Å²) in [5.41, 5.74) is 1.96. The van der Waals surface area contributed by atoms with Gasteiger partial charge in [-0.05, 0) is 24.3 Å². The van der Waals surface area contributed by atoms with Crippen LogP contribution in [0.5, 0.6) is 0 Å². The monoisotopic (exact) mass is 398 g/mol. The largest absolute Gasteiger partial charge is 0.280 e. The van der Waals surface area contributed by atoms with Gasteiger partial charge in [0, 0.05) is 31.7 Å². The highest BCUT2D eigenvalue weighted by molar-refractivity contribution is 7.89. The van der Waals surface area contributed by atoms with Gasteiger partial charge in [-0.1, -0.05) is 48.0 Å². The minimum atomic E-state index is -3.45. The maximum Gasteiger partial charge on any atom is 0.243 e. The van der Waals surface area contributed by atoms with E-state index in [0.29, 0.717) is 43.6 Å². The topological polar surface area (TPSA) is 84.2 Å². The van der Waals surface area contributed by atoms with Crippen molar-refractivity contribution in [3.63, 3.8) is 0 Å². The van der Waals surface area contributed by atoms with Gasteiger partial charge >= 0.3 is 0 Å². The highest BCUT2D eigenvalue weighted by atomic mass is 32.2. The zero-order chi connectivity index (χ0) is 19.6. The molecule has 0 bridgehead atoms. The van der Waals surface area contributed by atoms with E-state index in [4.69, 9.17) is 0 Å². The molecule has 1 aliphatic rings. The van der Waals surface area contributed by atoms with Crippen LogP contribution < -0.4 is 0 Å². The van der Waals surface area contributed by atoms with E-state index in [1.54, 1.807) is 21.2 Å². The van der Waals surface area contributed by atoms with E-state index in [1.807, 2.05) is 49.4 Å². The van der Waals surface area contributed by atoms with Crippen LogP contribution in [0, 0.1) is 6.92 Å². The van der Waals surface area contributed by atoms with Crippen molar-refractivity contribution >= 4 is 10.0 Å². The molecule has 0 unspecified atom stereocenters. The Morgan fingerprint density at radius 1 is 0.929 bits per heavy atom. The summed E-state index contributed by atoms with van der Waals surface area (Å²) in [6.07, 6.45) is 0. The molecule has 146 valence electrons. The van der Waals surface area contributed by atoms with Crippen molar-refractivity contribution in [2.75, 3.05) is 26.2 Å². The van der Waals surface area contributed by atoms with Crippen LogP contribution in [0.4, 0.5) is 0 Å². The Hall–Kier alpha value is -2.62. The van der Waals surface area contributed by atoms with Gasteiger partial charge < -0.3 is 0 Å². The predicted molar refractivity (Wildman–Crippen MR) is 105 cm³/mol. The molecular weight excluding hydrogens is 376 g/mol. The quantitative estimate of drug-likeness (QED) is 0.649. The Morgan fingerprint density at radius 2 is 1.61 bits per heavy atom. The van der Waals surface area contributed by atoms with Crippen LogP contribution in [0.25, 0.3) is 11.4 Å². The summed E-state index contributed by atoms with van der Waals surface area (Å²) in [7, 11) is -3.45. The normalized spacial score (nSPS) is 16.3. The SMILES string of the molecule is Cc1ccc(S(=O)(=O)N2CCN(Cn3nnc(-c4ccccc4)n3)CC2)cc1. The third kappa shape index (κ3) is 3.96. The van der Waals surface area contributed by atoms with Gasteiger partial charge in [0.05, 0.1) is 4.90 Å². The Labute approximate surface area is 164 Å². The van der Waals surface area contributed by atoms with Crippen LogP contribution >= 0.6 is 0 Å². The number of piperazine rings is 1. The van der Waals surface area contributed by atoms with Crippen LogP contribution in [0.15, 0.2) is 59.5 Å². The molecule has 0 saturated carbocycles. The number of tetrazole rings is 1. The first kappa shape index (κ1) is 18.7. The maximum absolute atomic E-state index is 12.8. The number of aromatic nitrogens is 4. The molecule has 1 aliphatic heterocycles. The molecular formula is C19H22N6O2S. The molecule has 4 rings (SSSR count). The van der Waals surface area contributed by atoms with Crippen molar-refractivity contribution < 1.29 is 8.42 Å². The van der Waals surface area contributed by atoms with Crippen molar-refractivity contribution in [2.24, 2.45) is 0 Å². The molecule has 9 heteroatoms. The number of benzene rings is 2. The van der Waals surface area contributed by atoms with Gasteiger partial charge in [0.1, 0.15) is 6.67 Å². The van der Waals surface area contributed by atoms with Crippen LogP contribution in [-0.4, -0.2) is 64.0 Å². The van der Waals surface area contributed by atoms with Gasteiger partial charge in [-0.2, -0.15) is 4.31 Å². The number of aryl methyl sites for hydroxylation is 1. The van der Waals surface area contributed by atoms with E-state index < -0.39 is 10.0 Å². The molecule has 2 heterocycles. The average Bonchev–Trinajstić information content (AvgIpc) is 3.18. The van der Waals surface area contributed by atoms with Gasteiger partial charge in [-0.25, -0.2) is 8.42 Å². The lowest BCUT2D eigenvalue weighted by atomic mass is 10.2. The van der Waals surface area contributed by atoms with E-state index >= 15 is 0 Å². The summed E-state index contributed by atoms with van der Waals surface area (Å²) in [6, 6.07) is 16.7. The number of nitrogens with zero attached hydrogens (tertiary/aromatic N) is 6. The van der Waals surface area contributed by atoms with Crippen LogP contribution in [0.1, 0.15) is 5.56 Å². The number of sulfonamides is 1. The fourth-order valence-electron chi connectivity index (χ4n) is 3.16. The first-order valence-corrected chi connectivity index (χ1v) is 10.6. The standard InChI is InChI=1S/C19H22N6O2S/c1-16-7-9-18(10-8-16)28(26,27)24-13-11-23(12-14-24)15-25-21-19(20-22-25)17-5-3-2-4-6-17/h2-10H,11-15H2,1H3. The van der Waals surface area contributed by atoms with Crippen molar-refractivity contribution in [2.45, 2.75) is 18.5 Å². The molecule has 0 atom stereocenters. The van der Waals surface area contributed by atoms with E-state index in [0.717, 1.165) is 11.1 Å². The van der Waals surface area contributed by atoms with Gasteiger partial charge in [0.15, 0.2) is 0 Å². The minimum Gasteiger partial charge on any atom is -0.280 e. The Bertz CT molecular complexity index is 1030. The Kier molecular flexibility index (Phi) is 5.21. The number of hydrogen-bond donors (Lipinski definition) is 0. The Balaban J connectivity index is 1.37. The second kappa shape index (κ2) is 7.78. The summed E-state index contributed by atoms with van der Waals surface area (Å²) >= 11 is 0. The zero-order valence-corrected chi connectivity index (χ0v) is 16.5. The molecule has 3 aromatic rings. The molecule has 8 nitrogen and oxygen atoms in total. The first-order chi connectivity index (χ1) is 13.5. The van der Waals surface area contributed by atoms with Crippen LogP contribution in [-0.2, 0) is 16.7 Å². The van der Waals surface area contributed by atoms with Crippen LogP contribution in [0.3, 0.4) is 0 Å². The molecule has 2 aromatic carbocycles. The summed E-state index contributed by atoms with van der Waals surface area (Å²) in [5, 5.41) is 12.6. The fourth-order valence-corrected chi connectivity index (χ4v) is 4.58. The smallest absolute Gasteiger partial charge is 0.243 e. The lowest BCUT2D eigenvalue weighted by Crippen LogP contribution is -2.49. The summed E-state index contributed by atoms with van der Waals surface area (Å²) < 4.78 is 27.1. The van der Waals surface area contributed by atoms with Gasteiger partial charge in [-0.3, -0.25) is 4.90 Å². The van der Waals surface area contributed by atoms with E-state index in [2.05, 4.69) is 20.3 Å². The Morgan fingerprint density at radius 3 is 2.29 bits per heavy atom. The van der Waals surface area contributed by atoms with E-state index in [-0.39, 0.29) is 0 Å². The number of rotatable bonds is 5. The van der Waals surface area contributed by atoms with E-state index in [1.165, 1.54) is 0 Å². The molecule has 0 N–H and O–H groups in total. The highest BCUT2D eigenvalue weighted by Gasteiger charge is 2.28. The molecule has 28 heavy (non-hydrogen) atoms. The molecule has 0 spiro atoms. The average molecular weight is 398 g/mol. The predicted octanol–water partition coefficient (Wildman–Crippen LogP) is 1.61. The van der Waals surface area contributed by atoms with Crippen molar-refractivity contribution in [3.8, 4) is 11.4 Å². The van der Waals surface area contributed by atoms with Gasteiger partial charge in [0.2, 0.25) is 15.8 Å². The van der Waals surface area contributed by atoms with E-state index in [9.17, 15) is 8.42 Å².